The lowest BCUT2D eigenvalue weighted by atomic mass is 9.91. The normalized spacial score (nSPS) is 15.7. The molecule has 3 rings (SSSR count). The van der Waals surface area contributed by atoms with E-state index in [0.717, 1.165) is 21.9 Å². The van der Waals surface area contributed by atoms with Crippen LogP contribution in [0, 0.1) is 0 Å². The molecule has 0 spiro atoms. The van der Waals surface area contributed by atoms with Gasteiger partial charge < -0.3 is 10.7 Å². The van der Waals surface area contributed by atoms with Gasteiger partial charge in [-0.1, -0.05) is 11.8 Å². The second-order valence-corrected chi connectivity index (χ2v) is 7.13. The Balaban J connectivity index is 1.88. The van der Waals surface area contributed by atoms with Gasteiger partial charge in [-0.25, -0.2) is 4.98 Å². The molecule has 0 aliphatic heterocycles. The van der Waals surface area contributed by atoms with E-state index >= 15 is 0 Å². The molecule has 19 heavy (non-hydrogen) atoms. The van der Waals surface area contributed by atoms with Crippen molar-refractivity contribution in [1.82, 2.24) is 9.97 Å². The highest BCUT2D eigenvalue weighted by molar-refractivity contribution is 7.99. The van der Waals surface area contributed by atoms with Crippen LogP contribution in [0.3, 0.4) is 0 Å². The molecule has 1 aromatic carbocycles. The van der Waals surface area contributed by atoms with Crippen molar-refractivity contribution in [3.05, 3.63) is 23.3 Å². The standard InChI is InChI=1S/C15H21N3S/c1-15(2,16)9-19-14-17-12-7-10-5-3-4-6-11(10)8-13(12)18-14/h7-8H,3-6,9,16H2,1-2H3,(H,17,18). The third kappa shape index (κ3) is 2.95. The Morgan fingerprint density at radius 3 is 2.63 bits per heavy atom. The quantitative estimate of drug-likeness (QED) is 0.845. The number of nitrogens with one attached hydrogen (secondary N) is 1. The first kappa shape index (κ1) is 13.0. The molecule has 0 fully saturated rings. The largest absolute Gasteiger partial charge is 0.333 e. The highest BCUT2D eigenvalue weighted by atomic mass is 32.2. The molecular formula is C15H21N3S. The number of hydrogen-bond donors (Lipinski definition) is 2. The van der Waals surface area contributed by atoms with Crippen molar-refractivity contribution >= 4 is 22.8 Å². The van der Waals surface area contributed by atoms with Crippen molar-refractivity contribution < 1.29 is 0 Å². The number of rotatable bonds is 3. The van der Waals surface area contributed by atoms with Gasteiger partial charge in [-0.3, -0.25) is 0 Å². The molecule has 1 aliphatic carbocycles. The number of imidazole rings is 1. The van der Waals surface area contributed by atoms with E-state index in [2.05, 4.69) is 22.1 Å². The fraction of sp³-hybridized carbons (Fsp3) is 0.533. The second kappa shape index (κ2) is 4.84. The van der Waals surface area contributed by atoms with Crippen LogP contribution in [0.5, 0.6) is 0 Å². The summed E-state index contributed by atoms with van der Waals surface area (Å²) in [6.45, 7) is 4.09. The van der Waals surface area contributed by atoms with Gasteiger partial charge in [-0.2, -0.15) is 0 Å². The van der Waals surface area contributed by atoms with Crippen LogP contribution >= 0.6 is 11.8 Å². The van der Waals surface area contributed by atoms with Crippen LogP contribution in [0.4, 0.5) is 0 Å². The summed E-state index contributed by atoms with van der Waals surface area (Å²) >= 11 is 1.70. The Kier molecular flexibility index (Phi) is 3.31. The molecule has 3 N–H and O–H groups in total. The van der Waals surface area contributed by atoms with Gasteiger partial charge in [0.05, 0.1) is 11.0 Å². The molecule has 102 valence electrons. The fourth-order valence-corrected chi connectivity index (χ4v) is 3.39. The minimum absolute atomic E-state index is 0.164. The molecule has 1 aromatic heterocycles. The molecule has 0 radical (unpaired) electrons. The number of aromatic nitrogens is 2. The summed E-state index contributed by atoms with van der Waals surface area (Å²) in [6, 6.07) is 4.55. The highest BCUT2D eigenvalue weighted by Gasteiger charge is 2.15. The van der Waals surface area contributed by atoms with E-state index in [-0.39, 0.29) is 5.54 Å². The first-order chi connectivity index (χ1) is 9.01. The Labute approximate surface area is 118 Å². The van der Waals surface area contributed by atoms with Crippen LogP contribution in [0.25, 0.3) is 11.0 Å². The monoisotopic (exact) mass is 275 g/mol. The molecule has 0 saturated heterocycles. The minimum Gasteiger partial charge on any atom is -0.333 e. The topological polar surface area (TPSA) is 54.7 Å². The zero-order valence-electron chi connectivity index (χ0n) is 11.6. The van der Waals surface area contributed by atoms with Gasteiger partial charge in [0, 0.05) is 11.3 Å². The summed E-state index contributed by atoms with van der Waals surface area (Å²) in [5.41, 5.74) is 11.1. The van der Waals surface area contributed by atoms with Crippen molar-refractivity contribution in [2.75, 3.05) is 5.75 Å². The van der Waals surface area contributed by atoms with Crippen molar-refractivity contribution in [1.29, 1.82) is 0 Å². The number of benzene rings is 1. The predicted octanol–water partition coefficient (Wildman–Crippen LogP) is 3.27. The first-order valence-corrected chi connectivity index (χ1v) is 7.93. The summed E-state index contributed by atoms with van der Waals surface area (Å²) in [5.74, 6) is 0.868. The van der Waals surface area contributed by atoms with E-state index in [9.17, 15) is 0 Å². The van der Waals surface area contributed by atoms with Gasteiger partial charge in [0.2, 0.25) is 0 Å². The zero-order chi connectivity index (χ0) is 13.5. The molecule has 0 unspecified atom stereocenters. The van der Waals surface area contributed by atoms with Gasteiger partial charge in [-0.05, 0) is 62.8 Å². The Hall–Kier alpha value is -1.00. The number of aromatic amines is 1. The molecule has 0 amide bonds. The third-order valence-corrected chi connectivity index (χ3v) is 4.86. The number of nitrogens with two attached hydrogens (primary N) is 1. The van der Waals surface area contributed by atoms with Crippen LogP contribution in [0.2, 0.25) is 0 Å². The van der Waals surface area contributed by atoms with E-state index in [4.69, 9.17) is 5.73 Å². The van der Waals surface area contributed by atoms with Crippen LogP contribution in [0.1, 0.15) is 37.8 Å². The third-order valence-electron chi connectivity index (χ3n) is 3.50. The maximum Gasteiger partial charge on any atom is 0.166 e. The molecule has 0 atom stereocenters. The highest BCUT2D eigenvalue weighted by Crippen LogP contribution is 2.28. The van der Waals surface area contributed by atoms with Crippen LogP contribution in [-0.2, 0) is 12.8 Å². The summed E-state index contributed by atoms with van der Waals surface area (Å²) in [6.07, 6.45) is 5.04. The minimum atomic E-state index is -0.164. The SMILES string of the molecule is CC(C)(N)CSc1nc2cc3c(cc2[nH]1)CCCC3. The van der Waals surface area contributed by atoms with E-state index in [0.29, 0.717) is 0 Å². The van der Waals surface area contributed by atoms with Gasteiger partial charge in [0.15, 0.2) is 5.16 Å². The van der Waals surface area contributed by atoms with Crippen molar-refractivity contribution in [3.63, 3.8) is 0 Å². The molecule has 2 aromatic rings. The van der Waals surface area contributed by atoms with Gasteiger partial charge in [-0.15, -0.1) is 0 Å². The number of aryl methyl sites for hydroxylation is 2. The lowest BCUT2D eigenvalue weighted by molar-refractivity contribution is 0.590. The Morgan fingerprint density at radius 1 is 1.26 bits per heavy atom. The molecule has 0 saturated carbocycles. The smallest absolute Gasteiger partial charge is 0.166 e. The lowest BCUT2D eigenvalue weighted by Crippen LogP contribution is -2.34. The molecule has 4 heteroatoms. The number of nitrogens with zero attached hydrogens (tertiary/aromatic N) is 1. The fourth-order valence-electron chi connectivity index (χ4n) is 2.54. The molecule has 1 aliphatic rings. The van der Waals surface area contributed by atoms with Crippen molar-refractivity contribution in [2.45, 2.75) is 50.2 Å². The first-order valence-electron chi connectivity index (χ1n) is 6.94. The number of fused-ring (bicyclic) bond motifs is 2. The van der Waals surface area contributed by atoms with E-state index in [1.807, 2.05) is 13.8 Å². The van der Waals surface area contributed by atoms with E-state index in [1.165, 1.54) is 36.8 Å². The van der Waals surface area contributed by atoms with Gasteiger partial charge in [0.25, 0.3) is 0 Å². The van der Waals surface area contributed by atoms with Crippen molar-refractivity contribution in [3.8, 4) is 0 Å². The van der Waals surface area contributed by atoms with Gasteiger partial charge in [0.1, 0.15) is 0 Å². The number of hydrogen-bond acceptors (Lipinski definition) is 3. The number of H-pyrrole nitrogens is 1. The lowest BCUT2D eigenvalue weighted by Gasteiger charge is -2.16. The molecule has 3 nitrogen and oxygen atoms in total. The average Bonchev–Trinajstić information content (AvgIpc) is 2.74. The maximum atomic E-state index is 6.01. The summed E-state index contributed by atoms with van der Waals surface area (Å²) in [7, 11) is 0. The average molecular weight is 275 g/mol. The van der Waals surface area contributed by atoms with Gasteiger partial charge >= 0.3 is 0 Å². The summed E-state index contributed by atoms with van der Waals surface area (Å²) < 4.78 is 0. The molecular weight excluding hydrogens is 254 g/mol. The Bertz CT molecular complexity index is 552. The van der Waals surface area contributed by atoms with Crippen LogP contribution in [0.15, 0.2) is 17.3 Å². The summed E-state index contributed by atoms with van der Waals surface area (Å²) in [5, 5.41) is 0.982. The second-order valence-electron chi connectivity index (χ2n) is 6.16. The van der Waals surface area contributed by atoms with Crippen LogP contribution in [-0.4, -0.2) is 21.3 Å². The number of thioether (sulfide) groups is 1. The maximum absolute atomic E-state index is 6.01. The Morgan fingerprint density at radius 2 is 1.95 bits per heavy atom. The van der Waals surface area contributed by atoms with Crippen LogP contribution < -0.4 is 5.73 Å². The summed E-state index contributed by atoms with van der Waals surface area (Å²) in [4.78, 5) is 8.09. The molecule has 0 bridgehead atoms. The molecule has 1 heterocycles. The van der Waals surface area contributed by atoms with E-state index < -0.39 is 0 Å². The van der Waals surface area contributed by atoms with Crippen molar-refractivity contribution in [2.24, 2.45) is 5.73 Å². The zero-order valence-corrected chi connectivity index (χ0v) is 12.4. The van der Waals surface area contributed by atoms with E-state index in [1.54, 1.807) is 11.8 Å². The predicted molar refractivity (Wildman–Crippen MR) is 81.7 cm³/mol.